The van der Waals surface area contributed by atoms with Gasteiger partial charge < -0.3 is 9.32 Å². The van der Waals surface area contributed by atoms with E-state index in [1.807, 2.05) is 77.3 Å². The van der Waals surface area contributed by atoms with E-state index in [-0.39, 0.29) is 18.5 Å². The van der Waals surface area contributed by atoms with Crippen molar-refractivity contribution in [2.24, 2.45) is 0 Å². The second kappa shape index (κ2) is 8.67. The molecule has 0 saturated carbocycles. The highest BCUT2D eigenvalue weighted by molar-refractivity contribution is 8.00. The smallest absolute Gasteiger partial charge is 0.241 e. The summed E-state index contributed by atoms with van der Waals surface area (Å²) in [6.45, 7) is 3.20. The van der Waals surface area contributed by atoms with E-state index in [1.54, 1.807) is 6.26 Å². The average Bonchev–Trinajstić information content (AvgIpc) is 3.18. The molecule has 2 atom stereocenters. The number of hydrogen-bond donors (Lipinski definition) is 1. The van der Waals surface area contributed by atoms with Gasteiger partial charge in [0.2, 0.25) is 5.91 Å². The summed E-state index contributed by atoms with van der Waals surface area (Å²) < 4.78 is 5.63. The molecule has 28 heavy (non-hydrogen) atoms. The van der Waals surface area contributed by atoms with E-state index in [4.69, 9.17) is 4.42 Å². The first-order valence-electron chi connectivity index (χ1n) is 9.60. The molecule has 3 aromatic rings. The number of fused-ring (bicyclic) bond motifs is 1. The maximum atomic E-state index is 13.1. The Morgan fingerprint density at radius 3 is 2.71 bits per heavy atom. The number of benzene rings is 2. The molecule has 1 N–H and O–H groups in total. The van der Waals surface area contributed by atoms with Crippen LogP contribution in [0.3, 0.4) is 0 Å². The minimum Gasteiger partial charge on any atom is -0.467 e. The van der Waals surface area contributed by atoms with E-state index in [1.165, 1.54) is 4.90 Å². The van der Waals surface area contributed by atoms with E-state index in [0.29, 0.717) is 5.25 Å². The summed E-state index contributed by atoms with van der Waals surface area (Å²) in [6.07, 6.45) is 2.64. The summed E-state index contributed by atoms with van der Waals surface area (Å²) in [4.78, 5) is 16.2. The molecule has 0 spiro atoms. The fourth-order valence-electron chi connectivity index (χ4n) is 3.51. The number of nitrogens with zero attached hydrogens (tertiary/aromatic N) is 1. The van der Waals surface area contributed by atoms with Gasteiger partial charge in [-0.25, -0.2) is 0 Å². The molecule has 5 heteroatoms. The Balaban J connectivity index is 1.53. The molecule has 4 rings (SSSR count). The van der Waals surface area contributed by atoms with Gasteiger partial charge in [-0.2, -0.15) is 0 Å². The van der Waals surface area contributed by atoms with Crippen molar-refractivity contribution in [2.45, 2.75) is 29.5 Å². The zero-order chi connectivity index (χ0) is 19.3. The lowest BCUT2D eigenvalue weighted by Crippen LogP contribution is -2.40. The Hall–Kier alpha value is -2.50. The van der Waals surface area contributed by atoms with E-state index >= 15 is 0 Å². The van der Waals surface area contributed by atoms with Crippen LogP contribution in [0.15, 0.2) is 82.3 Å². The number of nitrogens with one attached hydrogen (secondary N) is 1. The molecule has 1 aliphatic rings. The Labute approximate surface area is 169 Å². The summed E-state index contributed by atoms with van der Waals surface area (Å²) in [5, 5.41) is 3.90. The standard InChI is InChI=1S/C23H24N2O2S/c1-17-13-14-25(19-10-5-6-12-21(19)28-17)22(26)16-24-23(20-11-7-15-27-20)18-8-3-2-4-9-18/h2-12,15,17,23-24H,13-14,16H2,1H3/t17-,23-/m1/s1. The third-order valence-electron chi connectivity index (χ3n) is 4.96. The number of para-hydroxylation sites is 1. The predicted octanol–water partition coefficient (Wildman–Crippen LogP) is 4.88. The van der Waals surface area contributed by atoms with Crippen molar-refractivity contribution >= 4 is 23.4 Å². The van der Waals surface area contributed by atoms with Gasteiger partial charge in [-0.05, 0) is 36.2 Å². The maximum Gasteiger partial charge on any atom is 0.241 e. The molecule has 4 nitrogen and oxygen atoms in total. The van der Waals surface area contributed by atoms with Crippen LogP contribution >= 0.6 is 11.8 Å². The highest BCUT2D eigenvalue weighted by Crippen LogP contribution is 2.37. The Morgan fingerprint density at radius 2 is 1.93 bits per heavy atom. The van der Waals surface area contributed by atoms with Crippen molar-refractivity contribution in [3.8, 4) is 0 Å². The van der Waals surface area contributed by atoms with E-state index in [0.717, 1.165) is 30.0 Å². The number of carbonyl (C=O) groups excluding carboxylic acids is 1. The average molecular weight is 393 g/mol. The van der Waals surface area contributed by atoms with Gasteiger partial charge >= 0.3 is 0 Å². The van der Waals surface area contributed by atoms with Crippen molar-refractivity contribution in [1.82, 2.24) is 5.32 Å². The lowest BCUT2D eigenvalue weighted by Gasteiger charge is -2.24. The largest absolute Gasteiger partial charge is 0.467 e. The van der Waals surface area contributed by atoms with Crippen molar-refractivity contribution in [3.63, 3.8) is 0 Å². The van der Waals surface area contributed by atoms with E-state index in [2.05, 4.69) is 18.3 Å². The molecule has 1 amide bonds. The molecule has 2 heterocycles. The van der Waals surface area contributed by atoms with Gasteiger partial charge in [-0.15, -0.1) is 11.8 Å². The molecule has 1 aliphatic heterocycles. The van der Waals surface area contributed by atoms with Crippen LogP contribution in [0.1, 0.15) is 30.7 Å². The molecule has 2 aromatic carbocycles. The van der Waals surface area contributed by atoms with Crippen molar-refractivity contribution in [1.29, 1.82) is 0 Å². The summed E-state index contributed by atoms with van der Waals surface area (Å²) >= 11 is 1.84. The molecule has 0 fully saturated rings. The molecular formula is C23H24N2O2S. The Kier molecular flexibility index (Phi) is 5.84. The van der Waals surface area contributed by atoms with Crippen molar-refractivity contribution < 1.29 is 9.21 Å². The SMILES string of the molecule is C[C@@H]1CCN(C(=O)CN[C@H](c2ccccc2)c2ccco2)c2ccccc2S1. The minimum absolute atomic E-state index is 0.0784. The van der Waals surface area contributed by atoms with Gasteiger partial charge in [-0.3, -0.25) is 10.1 Å². The molecule has 1 aromatic heterocycles. The maximum absolute atomic E-state index is 13.1. The van der Waals surface area contributed by atoms with E-state index in [9.17, 15) is 4.79 Å². The summed E-state index contributed by atoms with van der Waals surface area (Å²) in [5.74, 6) is 0.883. The molecule has 0 saturated heterocycles. The molecular weight excluding hydrogens is 368 g/mol. The zero-order valence-corrected chi connectivity index (χ0v) is 16.7. The minimum atomic E-state index is -0.157. The molecule has 144 valence electrons. The van der Waals surface area contributed by atoms with Crippen molar-refractivity contribution in [2.75, 3.05) is 18.0 Å². The summed E-state index contributed by atoms with van der Waals surface area (Å²) in [6, 6.07) is 21.9. The fraction of sp³-hybridized carbons (Fsp3) is 0.261. The summed E-state index contributed by atoms with van der Waals surface area (Å²) in [7, 11) is 0. The number of furan rings is 1. The number of amides is 1. The topological polar surface area (TPSA) is 45.5 Å². The van der Waals surface area contributed by atoms with Gasteiger partial charge in [0.25, 0.3) is 0 Å². The van der Waals surface area contributed by atoms with Gasteiger partial charge in [0.1, 0.15) is 5.76 Å². The van der Waals surface area contributed by atoms with Crippen LogP contribution in [-0.4, -0.2) is 24.2 Å². The van der Waals surface area contributed by atoms with Crippen LogP contribution in [0, 0.1) is 0 Å². The Bertz CT molecular complexity index is 911. The number of hydrogen-bond acceptors (Lipinski definition) is 4. The van der Waals surface area contributed by atoms with Crippen LogP contribution in [0.4, 0.5) is 5.69 Å². The molecule has 0 radical (unpaired) electrons. The Morgan fingerprint density at radius 1 is 1.14 bits per heavy atom. The van der Waals surface area contributed by atoms with E-state index < -0.39 is 0 Å². The predicted molar refractivity (Wildman–Crippen MR) is 114 cm³/mol. The molecule has 0 bridgehead atoms. The second-order valence-electron chi connectivity index (χ2n) is 6.97. The van der Waals surface area contributed by atoms with Gasteiger partial charge in [0.15, 0.2) is 0 Å². The lowest BCUT2D eigenvalue weighted by molar-refractivity contribution is -0.117. The van der Waals surface area contributed by atoms with Gasteiger partial charge in [0.05, 0.1) is 24.5 Å². The number of rotatable bonds is 5. The number of anilines is 1. The third kappa shape index (κ3) is 4.16. The quantitative estimate of drug-likeness (QED) is 0.672. The first-order valence-corrected chi connectivity index (χ1v) is 10.5. The normalized spacial score (nSPS) is 17.6. The second-order valence-corrected chi connectivity index (χ2v) is 8.45. The van der Waals surface area contributed by atoms with Crippen LogP contribution in [0.2, 0.25) is 0 Å². The van der Waals surface area contributed by atoms with Crippen LogP contribution < -0.4 is 10.2 Å². The van der Waals surface area contributed by atoms with Gasteiger partial charge in [-0.1, -0.05) is 49.4 Å². The van der Waals surface area contributed by atoms with Crippen molar-refractivity contribution in [3.05, 3.63) is 84.3 Å². The highest BCUT2D eigenvalue weighted by atomic mass is 32.2. The van der Waals surface area contributed by atoms with Crippen LogP contribution in [0.25, 0.3) is 0 Å². The van der Waals surface area contributed by atoms with Crippen LogP contribution in [-0.2, 0) is 4.79 Å². The molecule has 0 aliphatic carbocycles. The highest BCUT2D eigenvalue weighted by Gasteiger charge is 2.25. The monoisotopic (exact) mass is 392 g/mol. The first-order chi connectivity index (χ1) is 13.7. The molecule has 0 unspecified atom stereocenters. The zero-order valence-electron chi connectivity index (χ0n) is 15.9. The first kappa shape index (κ1) is 18.8. The lowest BCUT2D eigenvalue weighted by atomic mass is 10.0. The van der Waals surface area contributed by atoms with Crippen LogP contribution in [0.5, 0.6) is 0 Å². The fourth-order valence-corrected chi connectivity index (χ4v) is 4.63. The third-order valence-corrected chi connectivity index (χ3v) is 6.20. The number of carbonyl (C=O) groups is 1. The number of thioether (sulfide) groups is 1. The van der Waals surface area contributed by atoms with Gasteiger partial charge in [0, 0.05) is 16.7 Å². The summed E-state index contributed by atoms with van der Waals surface area (Å²) in [5.41, 5.74) is 2.09.